The molecular weight excluding hydrogens is 196 g/mol. The number of benzene rings is 1. The highest BCUT2D eigenvalue weighted by Crippen LogP contribution is 2.31. The summed E-state index contributed by atoms with van der Waals surface area (Å²) < 4.78 is 0. The topological polar surface area (TPSA) is 29.3 Å². The van der Waals surface area contributed by atoms with Gasteiger partial charge in [0, 0.05) is 30.2 Å². The molecule has 0 radical (unpaired) electrons. The van der Waals surface area contributed by atoms with Crippen molar-refractivity contribution in [3.8, 4) is 0 Å². The molecule has 0 atom stereocenters. The summed E-state index contributed by atoms with van der Waals surface area (Å²) in [7, 11) is 2.00. The first-order valence-corrected chi connectivity index (χ1v) is 5.60. The van der Waals surface area contributed by atoms with Gasteiger partial charge in [0.2, 0.25) is 0 Å². The van der Waals surface area contributed by atoms with E-state index in [1.165, 1.54) is 11.1 Å². The molecule has 2 nitrogen and oxygen atoms in total. The highest BCUT2D eigenvalue weighted by molar-refractivity contribution is 5.80. The second-order valence-corrected chi connectivity index (χ2v) is 3.68. The van der Waals surface area contributed by atoms with E-state index in [1.807, 2.05) is 44.1 Å². The molecule has 1 aromatic rings. The lowest BCUT2D eigenvalue weighted by atomic mass is 9.96. The molecule has 16 heavy (non-hydrogen) atoms. The molecule has 0 amide bonds. The van der Waals surface area contributed by atoms with E-state index in [9.17, 15) is 0 Å². The van der Waals surface area contributed by atoms with Crippen molar-refractivity contribution in [3.05, 3.63) is 41.6 Å². The Hall–Kier alpha value is -1.70. The average molecular weight is 216 g/mol. The van der Waals surface area contributed by atoms with E-state index in [-0.39, 0.29) is 0 Å². The van der Waals surface area contributed by atoms with Gasteiger partial charge in [-0.2, -0.15) is 0 Å². The Kier molecular flexibility index (Phi) is 3.78. The summed E-state index contributed by atoms with van der Waals surface area (Å²) in [6.45, 7) is 10.1. The average Bonchev–Trinajstić information content (AvgIpc) is 2.26. The van der Waals surface area contributed by atoms with Gasteiger partial charge in [-0.05, 0) is 36.3 Å². The van der Waals surface area contributed by atoms with Crippen molar-refractivity contribution in [3.63, 3.8) is 0 Å². The highest BCUT2D eigenvalue weighted by atomic mass is 15.1. The molecule has 86 valence electrons. The normalized spacial score (nSPS) is 13.0. The molecule has 1 aliphatic rings. The maximum Gasteiger partial charge on any atom is 0.0412 e. The first-order chi connectivity index (χ1) is 7.59. The minimum absolute atomic E-state index is 0.809. The van der Waals surface area contributed by atoms with E-state index >= 15 is 0 Å². The Morgan fingerprint density at radius 2 is 1.88 bits per heavy atom. The third-order valence-electron chi connectivity index (χ3n) is 2.58. The van der Waals surface area contributed by atoms with Gasteiger partial charge in [0.05, 0.1) is 0 Å². The Morgan fingerprint density at radius 3 is 2.50 bits per heavy atom. The molecule has 0 saturated carbocycles. The number of nitrogens with zero attached hydrogens (tertiary/aromatic N) is 1. The lowest BCUT2D eigenvalue weighted by molar-refractivity contribution is 0.655. The number of rotatable bonds is 0. The van der Waals surface area contributed by atoms with Crippen LogP contribution in [0.2, 0.25) is 0 Å². The van der Waals surface area contributed by atoms with Crippen LogP contribution < -0.4 is 5.73 Å². The van der Waals surface area contributed by atoms with E-state index in [1.54, 1.807) is 0 Å². The van der Waals surface area contributed by atoms with Crippen LogP contribution in [-0.2, 0) is 0 Å². The first-order valence-electron chi connectivity index (χ1n) is 5.60. The summed E-state index contributed by atoms with van der Waals surface area (Å²) in [5.41, 5.74) is 11.2. The maximum atomic E-state index is 5.79. The van der Waals surface area contributed by atoms with Crippen molar-refractivity contribution in [2.24, 2.45) is 0 Å². The van der Waals surface area contributed by atoms with Crippen LogP contribution in [0.25, 0.3) is 11.8 Å². The molecule has 0 aromatic heterocycles. The smallest absolute Gasteiger partial charge is 0.0412 e. The lowest BCUT2D eigenvalue weighted by Crippen LogP contribution is -2.14. The monoisotopic (exact) mass is 216 g/mol. The molecule has 0 bridgehead atoms. The number of nitrogens with two attached hydrogens (primary N) is 1. The number of anilines is 1. The number of hydrogen-bond acceptors (Lipinski definition) is 2. The molecule has 2 heteroatoms. The molecule has 2 N–H and O–H groups in total. The number of aryl methyl sites for hydroxylation is 1. The van der Waals surface area contributed by atoms with Gasteiger partial charge in [-0.15, -0.1) is 0 Å². The van der Waals surface area contributed by atoms with Crippen LogP contribution in [0.4, 0.5) is 5.69 Å². The van der Waals surface area contributed by atoms with Crippen LogP contribution in [-0.4, -0.2) is 11.9 Å². The quantitative estimate of drug-likeness (QED) is 0.673. The Morgan fingerprint density at radius 1 is 1.25 bits per heavy atom. The zero-order chi connectivity index (χ0) is 12.3. The van der Waals surface area contributed by atoms with Gasteiger partial charge in [-0.1, -0.05) is 20.4 Å². The molecule has 0 aliphatic carbocycles. The maximum absolute atomic E-state index is 5.79. The van der Waals surface area contributed by atoms with Crippen molar-refractivity contribution in [1.82, 2.24) is 4.90 Å². The fraction of sp³-hybridized carbons (Fsp3) is 0.286. The predicted octanol–water partition coefficient (Wildman–Crippen LogP) is 3.49. The van der Waals surface area contributed by atoms with E-state index < -0.39 is 0 Å². The molecule has 1 aromatic carbocycles. The summed E-state index contributed by atoms with van der Waals surface area (Å²) in [4.78, 5) is 2.02. The first kappa shape index (κ1) is 12.4. The van der Waals surface area contributed by atoms with Crippen LogP contribution >= 0.6 is 0 Å². The summed E-state index contributed by atoms with van der Waals surface area (Å²) >= 11 is 0. The Bertz CT molecular complexity index is 431. The third-order valence-corrected chi connectivity index (χ3v) is 2.58. The van der Waals surface area contributed by atoms with E-state index in [0.717, 1.165) is 16.9 Å². The van der Waals surface area contributed by atoms with Crippen LogP contribution in [0.5, 0.6) is 0 Å². The summed E-state index contributed by atoms with van der Waals surface area (Å²) in [5.74, 6) is 0. The van der Waals surface area contributed by atoms with Gasteiger partial charge in [-0.3, -0.25) is 0 Å². The minimum atomic E-state index is 0.809. The fourth-order valence-electron chi connectivity index (χ4n) is 1.83. The van der Waals surface area contributed by atoms with Gasteiger partial charge in [0.15, 0.2) is 0 Å². The molecule has 2 rings (SSSR count). The summed E-state index contributed by atoms with van der Waals surface area (Å²) in [5, 5.41) is 0. The fourth-order valence-corrected chi connectivity index (χ4v) is 1.83. The second kappa shape index (κ2) is 4.88. The lowest BCUT2D eigenvalue weighted by Gasteiger charge is -2.25. The number of fused-ring (bicyclic) bond motifs is 1. The number of nitrogen functional groups attached to an aromatic ring is 1. The van der Waals surface area contributed by atoms with E-state index in [0.29, 0.717) is 0 Å². The molecule has 1 aliphatic heterocycles. The molecule has 0 saturated heterocycles. The second-order valence-electron chi connectivity index (χ2n) is 3.68. The molecule has 0 spiro atoms. The molecule has 0 fully saturated rings. The van der Waals surface area contributed by atoms with Gasteiger partial charge >= 0.3 is 0 Å². The van der Waals surface area contributed by atoms with E-state index in [2.05, 4.69) is 19.6 Å². The van der Waals surface area contributed by atoms with Crippen molar-refractivity contribution in [2.75, 3.05) is 12.8 Å². The van der Waals surface area contributed by atoms with Crippen molar-refractivity contribution < 1.29 is 0 Å². The largest absolute Gasteiger partial charge is 0.399 e. The Labute approximate surface area is 98.1 Å². The summed E-state index contributed by atoms with van der Waals surface area (Å²) in [6, 6.07) is 3.97. The van der Waals surface area contributed by atoms with Crippen LogP contribution in [0.15, 0.2) is 24.9 Å². The number of hydrogen-bond donors (Lipinski definition) is 1. The third kappa shape index (κ3) is 2.11. The van der Waals surface area contributed by atoms with Crippen molar-refractivity contribution in [2.45, 2.75) is 20.8 Å². The van der Waals surface area contributed by atoms with Crippen molar-refractivity contribution >= 4 is 17.5 Å². The highest BCUT2D eigenvalue weighted by Gasteiger charge is 2.14. The van der Waals surface area contributed by atoms with Crippen LogP contribution in [0.1, 0.15) is 30.5 Å². The summed E-state index contributed by atoms with van der Waals surface area (Å²) in [6.07, 6.45) is 4.07. The van der Waals surface area contributed by atoms with Crippen LogP contribution in [0, 0.1) is 6.92 Å². The SMILES string of the molecule is C=C1c2c(C)cc(N)cc2C=CN1C.CC. The van der Waals surface area contributed by atoms with E-state index in [4.69, 9.17) is 5.73 Å². The standard InChI is InChI=1S/C12H14N2.C2H6/c1-8-6-11(13)7-10-4-5-14(3)9(2)12(8)10;1-2/h4-7H,2,13H2,1,3H3;1-2H3. The van der Waals surface area contributed by atoms with Gasteiger partial charge in [0.1, 0.15) is 0 Å². The minimum Gasteiger partial charge on any atom is -0.399 e. The van der Waals surface area contributed by atoms with Gasteiger partial charge < -0.3 is 10.6 Å². The Balaban J connectivity index is 0.000000606. The molecule has 0 unspecified atom stereocenters. The van der Waals surface area contributed by atoms with Crippen molar-refractivity contribution in [1.29, 1.82) is 0 Å². The van der Waals surface area contributed by atoms with Gasteiger partial charge in [-0.25, -0.2) is 0 Å². The molecule has 1 heterocycles. The zero-order valence-corrected chi connectivity index (χ0v) is 10.5. The van der Waals surface area contributed by atoms with Crippen LogP contribution in [0.3, 0.4) is 0 Å². The predicted molar refractivity (Wildman–Crippen MR) is 72.8 cm³/mol. The zero-order valence-electron chi connectivity index (χ0n) is 10.5. The van der Waals surface area contributed by atoms with Gasteiger partial charge in [0.25, 0.3) is 0 Å². The molecular formula is C14H20N2.